The number of hydrogen-bond acceptors (Lipinski definition) is 6. The van der Waals surface area contributed by atoms with Crippen molar-refractivity contribution in [3.05, 3.63) is 53.6 Å². The van der Waals surface area contributed by atoms with Gasteiger partial charge in [-0.15, -0.1) is 0 Å². The number of aliphatic carboxylic acids is 1. The number of likely N-dealkylation sites (tertiary alicyclic amines) is 2. The molecule has 2 fully saturated rings. The molecule has 33 heavy (non-hydrogen) atoms. The molecule has 0 saturated carbocycles. The molecule has 0 spiro atoms. The van der Waals surface area contributed by atoms with Crippen LogP contribution in [0.4, 0.5) is 0 Å². The number of fused-ring (bicyclic) bond motifs is 1. The van der Waals surface area contributed by atoms with Crippen LogP contribution in [-0.4, -0.2) is 66.9 Å². The minimum absolute atomic E-state index is 0.0569. The molecule has 0 aromatic heterocycles. The molecule has 8 nitrogen and oxygen atoms in total. The molecule has 3 aliphatic rings. The van der Waals surface area contributed by atoms with Crippen LogP contribution >= 0.6 is 0 Å². The van der Waals surface area contributed by atoms with E-state index in [4.69, 9.17) is 14.2 Å². The SMILES string of the molecule is COc1ccc([C@@H]2[C@@H](C(=O)O)[C@@H](c3ccc4c(c3)OCO4)CN2CC(=O)N2CCCC2)cc1. The maximum atomic E-state index is 13.0. The second-order valence-electron chi connectivity index (χ2n) is 8.82. The van der Waals surface area contributed by atoms with Crippen molar-refractivity contribution in [2.75, 3.05) is 40.1 Å². The second kappa shape index (κ2) is 8.94. The molecule has 0 aliphatic carbocycles. The van der Waals surface area contributed by atoms with E-state index >= 15 is 0 Å². The number of hydrogen-bond donors (Lipinski definition) is 1. The number of amides is 1. The predicted molar refractivity (Wildman–Crippen MR) is 120 cm³/mol. The molecule has 3 aliphatic heterocycles. The van der Waals surface area contributed by atoms with Gasteiger partial charge < -0.3 is 24.2 Å². The zero-order chi connectivity index (χ0) is 22.9. The van der Waals surface area contributed by atoms with Crippen molar-refractivity contribution in [3.8, 4) is 17.2 Å². The number of nitrogens with zero attached hydrogens (tertiary/aromatic N) is 2. The highest BCUT2D eigenvalue weighted by Gasteiger charge is 2.48. The second-order valence-corrected chi connectivity index (χ2v) is 8.82. The molecule has 0 unspecified atom stereocenters. The van der Waals surface area contributed by atoms with Gasteiger partial charge in [0.15, 0.2) is 11.5 Å². The van der Waals surface area contributed by atoms with Gasteiger partial charge in [0.25, 0.3) is 0 Å². The fourth-order valence-electron chi connectivity index (χ4n) is 5.31. The third-order valence-electron chi connectivity index (χ3n) is 6.96. The van der Waals surface area contributed by atoms with E-state index in [1.54, 1.807) is 7.11 Å². The molecule has 2 saturated heterocycles. The van der Waals surface area contributed by atoms with Gasteiger partial charge >= 0.3 is 5.97 Å². The van der Waals surface area contributed by atoms with Gasteiger partial charge in [0.05, 0.1) is 19.6 Å². The third kappa shape index (κ3) is 4.11. The topological polar surface area (TPSA) is 88.5 Å². The molecule has 0 radical (unpaired) electrons. The van der Waals surface area contributed by atoms with Crippen LogP contribution in [-0.2, 0) is 9.59 Å². The number of rotatable bonds is 6. The van der Waals surface area contributed by atoms with Crippen molar-refractivity contribution in [1.82, 2.24) is 9.80 Å². The monoisotopic (exact) mass is 452 g/mol. The summed E-state index contributed by atoms with van der Waals surface area (Å²) in [7, 11) is 1.60. The normalized spacial score (nSPS) is 24.3. The molecule has 8 heteroatoms. The molecule has 2 aromatic rings. The lowest BCUT2D eigenvalue weighted by Gasteiger charge is -2.28. The summed E-state index contributed by atoms with van der Waals surface area (Å²) in [4.78, 5) is 29.6. The number of carbonyl (C=O) groups excluding carboxylic acids is 1. The number of ether oxygens (including phenoxy) is 3. The van der Waals surface area contributed by atoms with Crippen molar-refractivity contribution in [1.29, 1.82) is 0 Å². The van der Waals surface area contributed by atoms with Gasteiger partial charge in [-0.25, -0.2) is 0 Å². The molecular weight excluding hydrogens is 424 g/mol. The molecular formula is C25H28N2O6. The van der Waals surface area contributed by atoms with E-state index in [0.717, 1.165) is 37.1 Å². The zero-order valence-corrected chi connectivity index (χ0v) is 18.6. The standard InChI is InChI=1S/C25H28N2O6/c1-31-18-7-4-16(5-8-18)24-23(25(29)30)19(17-6-9-20-21(12-17)33-15-32-20)13-27(24)14-22(28)26-10-2-3-11-26/h4-9,12,19,23-24H,2-3,10-11,13-15H2,1H3,(H,29,30)/t19-,23+,24-/m1/s1. The van der Waals surface area contributed by atoms with Crippen LogP contribution in [0.5, 0.6) is 17.2 Å². The number of methoxy groups -OCH3 is 1. The maximum absolute atomic E-state index is 13.0. The van der Waals surface area contributed by atoms with Gasteiger partial charge in [0, 0.05) is 31.6 Å². The smallest absolute Gasteiger partial charge is 0.309 e. The molecule has 3 heterocycles. The van der Waals surface area contributed by atoms with Gasteiger partial charge in [-0.05, 0) is 48.2 Å². The van der Waals surface area contributed by atoms with Crippen molar-refractivity contribution in [2.45, 2.75) is 24.8 Å². The van der Waals surface area contributed by atoms with E-state index in [2.05, 4.69) is 0 Å². The first-order valence-electron chi connectivity index (χ1n) is 11.3. The summed E-state index contributed by atoms with van der Waals surface area (Å²) in [6.45, 7) is 2.37. The minimum atomic E-state index is -0.880. The van der Waals surface area contributed by atoms with Crippen LogP contribution in [0, 0.1) is 5.92 Å². The Morgan fingerprint density at radius 3 is 2.42 bits per heavy atom. The van der Waals surface area contributed by atoms with Crippen molar-refractivity contribution < 1.29 is 28.9 Å². The Hall–Kier alpha value is -3.26. The molecule has 174 valence electrons. The largest absolute Gasteiger partial charge is 0.497 e. The van der Waals surface area contributed by atoms with Crippen LogP contribution < -0.4 is 14.2 Å². The summed E-state index contributed by atoms with van der Waals surface area (Å²) >= 11 is 0. The first-order valence-corrected chi connectivity index (χ1v) is 11.3. The van der Waals surface area contributed by atoms with Crippen molar-refractivity contribution >= 4 is 11.9 Å². The summed E-state index contributed by atoms with van der Waals surface area (Å²) in [5, 5.41) is 10.3. The molecule has 5 rings (SSSR count). The zero-order valence-electron chi connectivity index (χ0n) is 18.6. The lowest BCUT2D eigenvalue weighted by atomic mass is 9.82. The first-order chi connectivity index (χ1) is 16.0. The van der Waals surface area contributed by atoms with Crippen LogP contribution in [0.3, 0.4) is 0 Å². The van der Waals surface area contributed by atoms with Crippen LogP contribution in [0.1, 0.15) is 35.9 Å². The Labute approximate surface area is 192 Å². The maximum Gasteiger partial charge on any atom is 0.309 e. The number of carboxylic acid groups (broad SMARTS) is 1. The van der Waals surface area contributed by atoms with Crippen LogP contribution in [0.2, 0.25) is 0 Å². The van der Waals surface area contributed by atoms with Gasteiger partial charge in [-0.3, -0.25) is 14.5 Å². The van der Waals surface area contributed by atoms with Crippen molar-refractivity contribution in [2.24, 2.45) is 5.92 Å². The lowest BCUT2D eigenvalue weighted by molar-refractivity contribution is -0.143. The molecule has 1 amide bonds. The minimum Gasteiger partial charge on any atom is -0.497 e. The fraction of sp³-hybridized carbons (Fsp3) is 0.440. The summed E-state index contributed by atoms with van der Waals surface area (Å²) in [6, 6.07) is 12.6. The van der Waals surface area contributed by atoms with E-state index < -0.39 is 17.9 Å². The molecule has 0 bridgehead atoms. The van der Waals surface area contributed by atoms with E-state index in [-0.39, 0.29) is 25.2 Å². The summed E-state index contributed by atoms with van der Waals surface area (Å²) < 4.78 is 16.2. The molecule has 2 aromatic carbocycles. The Morgan fingerprint density at radius 2 is 1.73 bits per heavy atom. The fourth-order valence-corrected chi connectivity index (χ4v) is 5.31. The number of carbonyl (C=O) groups is 2. The Bertz CT molecular complexity index is 1030. The third-order valence-corrected chi connectivity index (χ3v) is 6.96. The predicted octanol–water partition coefficient (Wildman–Crippen LogP) is 2.89. The highest BCUT2D eigenvalue weighted by atomic mass is 16.7. The van der Waals surface area contributed by atoms with Gasteiger partial charge in [-0.2, -0.15) is 0 Å². The van der Waals surface area contributed by atoms with Crippen LogP contribution in [0.25, 0.3) is 0 Å². The molecule has 3 atom stereocenters. The average Bonchev–Trinajstić information content (AvgIpc) is 3.58. The first kappa shape index (κ1) is 21.6. The Morgan fingerprint density at radius 1 is 1.03 bits per heavy atom. The van der Waals surface area contributed by atoms with E-state index in [0.29, 0.717) is 23.8 Å². The number of benzene rings is 2. The van der Waals surface area contributed by atoms with Gasteiger partial charge in [-0.1, -0.05) is 18.2 Å². The Kier molecular flexibility index (Phi) is 5.85. The highest BCUT2D eigenvalue weighted by Crippen LogP contribution is 2.47. The van der Waals surface area contributed by atoms with Gasteiger partial charge in [0.2, 0.25) is 12.7 Å². The van der Waals surface area contributed by atoms with Crippen molar-refractivity contribution in [3.63, 3.8) is 0 Å². The molecule has 1 N–H and O–H groups in total. The van der Waals surface area contributed by atoms with E-state index in [1.165, 1.54) is 0 Å². The van der Waals surface area contributed by atoms with Gasteiger partial charge in [0.1, 0.15) is 5.75 Å². The average molecular weight is 453 g/mol. The highest BCUT2D eigenvalue weighted by molar-refractivity contribution is 5.79. The summed E-state index contributed by atoms with van der Waals surface area (Å²) in [6.07, 6.45) is 2.04. The Balaban J connectivity index is 1.50. The summed E-state index contributed by atoms with van der Waals surface area (Å²) in [5.74, 6) is 0.160. The number of carboxylic acids is 1. The summed E-state index contributed by atoms with van der Waals surface area (Å²) in [5.41, 5.74) is 1.74. The van der Waals surface area contributed by atoms with E-state index in [1.807, 2.05) is 52.3 Å². The lowest BCUT2D eigenvalue weighted by Crippen LogP contribution is -2.39. The quantitative estimate of drug-likeness (QED) is 0.721. The van der Waals surface area contributed by atoms with E-state index in [9.17, 15) is 14.7 Å². The van der Waals surface area contributed by atoms with Crippen LogP contribution in [0.15, 0.2) is 42.5 Å².